The number of methoxy groups -OCH3 is 1. The molecule has 0 aromatic rings. The van der Waals surface area contributed by atoms with E-state index in [2.05, 4.69) is 0 Å². The zero-order valence-corrected chi connectivity index (χ0v) is 8.50. The smallest absolute Gasteiger partial charge is 0.177 e. The molecule has 1 fully saturated rings. The van der Waals surface area contributed by atoms with Gasteiger partial charge in [-0.25, -0.2) is 0 Å². The summed E-state index contributed by atoms with van der Waals surface area (Å²) in [6.45, 7) is 1.59. The van der Waals surface area contributed by atoms with E-state index in [0.717, 1.165) is 13.2 Å². The molecule has 1 rings (SSSR count). The van der Waals surface area contributed by atoms with E-state index in [1.807, 2.05) is 0 Å². The summed E-state index contributed by atoms with van der Waals surface area (Å²) in [5.41, 5.74) is 0. The maximum absolute atomic E-state index is 5.74. The van der Waals surface area contributed by atoms with Crippen LogP contribution in [0.25, 0.3) is 0 Å². The Kier molecular flexibility index (Phi) is 4.82. The monoisotopic (exact) mass is 174 g/mol. The van der Waals surface area contributed by atoms with Crippen LogP contribution in [0.3, 0.4) is 0 Å². The minimum Gasteiger partial charge on any atom is -0.418 e. The van der Waals surface area contributed by atoms with Gasteiger partial charge < -0.3 is 9.16 Å². The average molecular weight is 174 g/mol. The van der Waals surface area contributed by atoms with Gasteiger partial charge in [-0.05, 0) is 12.1 Å². The Morgan fingerprint density at radius 3 is 2.45 bits per heavy atom. The van der Waals surface area contributed by atoms with Gasteiger partial charge in [0.25, 0.3) is 0 Å². The molecule has 1 aliphatic heterocycles. The van der Waals surface area contributed by atoms with Crippen molar-refractivity contribution < 1.29 is 9.16 Å². The average Bonchev–Trinajstić information content (AvgIpc) is 2.07. The molecule has 0 N–H and O–H groups in total. The molecule has 0 aliphatic carbocycles. The third-order valence-electron chi connectivity index (χ3n) is 2.19. The van der Waals surface area contributed by atoms with Gasteiger partial charge in [-0.3, -0.25) is 0 Å². The molecule has 0 unspecified atom stereocenters. The summed E-state index contributed by atoms with van der Waals surface area (Å²) in [5.74, 6) is 0. The van der Waals surface area contributed by atoms with Crippen LogP contribution in [0.2, 0.25) is 12.1 Å². The molecule has 0 saturated carbocycles. The summed E-state index contributed by atoms with van der Waals surface area (Å²) >= 11 is 0. The summed E-state index contributed by atoms with van der Waals surface area (Å²) in [5, 5.41) is 0. The lowest BCUT2D eigenvalue weighted by molar-refractivity contribution is 0.144. The number of ether oxygens (including phenoxy) is 1. The van der Waals surface area contributed by atoms with Crippen LogP contribution in [-0.4, -0.2) is 29.4 Å². The first-order valence-corrected chi connectivity index (χ1v) is 6.64. The number of hydrogen-bond acceptors (Lipinski definition) is 2. The van der Waals surface area contributed by atoms with Crippen molar-refractivity contribution in [1.82, 2.24) is 0 Å². The van der Waals surface area contributed by atoms with Crippen molar-refractivity contribution in [2.24, 2.45) is 0 Å². The summed E-state index contributed by atoms with van der Waals surface area (Å²) < 4.78 is 10.7. The van der Waals surface area contributed by atoms with Gasteiger partial charge in [-0.2, -0.15) is 0 Å². The van der Waals surface area contributed by atoms with Gasteiger partial charge in [0.05, 0.1) is 13.2 Å². The minimum atomic E-state index is -0.738. The van der Waals surface area contributed by atoms with Gasteiger partial charge in [-0.1, -0.05) is 19.3 Å². The summed E-state index contributed by atoms with van der Waals surface area (Å²) in [7, 11) is 0.990. The Balaban J connectivity index is 1.96. The van der Waals surface area contributed by atoms with Gasteiger partial charge in [-0.15, -0.1) is 0 Å². The van der Waals surface area contributed by atoms with Crippen LogP contribution in [-0.2, 0) is 9.16 Å². The van der Waals surface area contributed by atoms with Crippen molar-refractivity contribution in [2.45, 2.75) is 31.4 Å². The predicted molar refractivity (Wildman–Crippen MR) is 48.4 cm³/mol. The van der Waals surface area contributed by atoms with E-state index in [0.29, 0.717) is 0 Å². The molecule has 0 atom stereocenters. The van der Waals surface area contributed by atoms with Crippen molar-refractivity contribution in [1.29, 1.82) is 0 Å². The zero-order chi connectivity index (χ0) is 7.94. The molecule has 0 radical (unpaired) electrons. The van der Waals surface area contributed by atoms with Crippen molar-refractivity contribution in [2.75, 3.05) is 20.3 Å². The first-order chi connectivity index (χ1) is 5.43. The van der Waals surface area contributed by atoms with Crippen LogP contribution in [0.4, 0.5) is 0 Å². The number of rotatable bonds is 4. The van der Waals surface area contributed by atoms with E-state index in [1.165, 1.54) is 31.4 Å². The van der Waals surface area contributed by atoms with Gasteiger partial charge >= 0.3 is 0 Å². The maximum Gasteiger partial charge on any atom is 0.177 e. The lowest BCUT2D eigenvalue weighted by Gasteiger charge is -2.19. The van der Waals surface area contributed by atoms with Crippen LogP contribution in [0.5, 0.6) is 0 Å². The van der Waals surface area contributed by atoms with E-state index in [1.54, 1.807) is 7.11 Å². The lowest BCUT2D eigenvalue weighted by atomic mass is 10.3. The molecule has 0 aromatic heterocycles. The van der Waals surface area contributed by atoms with Crippen LogP contribution in [0.15, 0.2) is 0 Å². The Labute approximate surface area is 70.6 Å². The summed E-state index contributed by atoms with van der Waals surface area (Å²) in [6, 6.07) is 2.79. The topological polar surface area (TPSA) is 18.5 Å². The van der Waals surface area contributed by atoms with E-state index < -0.39 is 9.04 Å². The molecule has 1 aliphatic rings. The van der Waals surface area contributed by atoms with Crippen molar-refractivity contribution >= 4 is 9.04 Å². The van der Waals surface area contributed by atoms with Gasteiger partial charge in [0, 0.05) is 7.11 Å². The Morgan fingerprint density at radius 2 is 1.82 bits per heavy atom. The Hall–Kier alpha value is 0.137. The highest BCUT2D eigenvalue weighted by atomic mass is 28.3. The third kappa shape index (κ3) is 3.89. The third-order valence-corrected chi connectivity index (χ3v) is 5.00. The SMILES string of the molecule is COCCO[SiH]1CCCCC1. The van der Waals surface area contributed by atoms with Crippen LogP contribution >= 0.6 is 0 Å². The normalized spacial score (nSPS) is 20.5. The summed E-state index contributed by atoms with van der Waals surface area (Å²) in [4.78, 5) is 0. The van der Waals surface area contributed by atoms with Gasteiger partial charge in [0.15, 0.2) is 9.04 Å². The van der Waals surface area contributed by atoms with E-state index in [9.17, 15) is 0 Å². The lowest BCUT2D eigenvalue weighted by Crippen LogP contribution is -2.22. The van der Waals surface area contributed by atoms with E-state index in [-0.39, 0.29) is 0 Å². The fraction of sp³-hybridized carbons (Fsp3) is 1.00. The fourth-order valence-corrected chi connectivity index (χ4v) is 4.07. The standard InChI is InChI=1S/C8H18O2Si/c1-9-5-6-10-11-7-3-2-4-8-11/h11H,2-8H2,1H3. The van der Waals surface area contributed by atoms with E-state index >= 15 is 0 Å². The van der Waals surface area contributed by atoms with Crippen LogP contribution in [0.1, 0.15) is 19.3 Å². The van der Waals surface area contributed by atoms with Gasteiger partial charge in [0.1, 0.15) is 0 Å². The van der Waals surface area contributed by atoms with Crippen molar-refractivity contribution in [3.05, 3.63) is 0 Å². The molecule has 2 nitrogen and oxygen atoms in total. The Bertz CT molecular complexity index is 92.1. The van der Waals surface area contributed by atoms with E-state index in [4.69, 9.17) is 9.16 Å². The molecule has 1 saturated heterocycles. The second-order valence-corrected chi connectivity index (χ2v) is 5.86. The van der Waals surface area contributed by atoms with Crippen LogP contribution < -0.4 is 0 Å². The highest BCUT2D eigenvalue weighted by Crippen LogP contribution is 2.18. The number of hydrogen-bond donors (Lipinski definition) is 0. The molecule has 0 aromatic carbocycles. The molecular formula is C8H18O2Si. The van der Waals surface area contributed by atoms with Gasteiger partial charge in [0.2, 0.25) is 0 Å². The second kappa shape index (κ2) is 5.74. The first kappa shape index (κ1) is 9.23. The largest absolute Gasteiger partial charge is 0.418 e. The molecule has 66 valence electrons. The van der Waals surface area contributed by atoms with Crippen LogP contribution in [0, 0.1) is 0 Å². The highest BCUT2D eigenvalue weighted by Gasteiger charge is 2.15. The minimum absolute atomic E-state index is 0.738. The molecule has 1 heterocycles. The molecule has 0 spiro atoms. The van der Waals surface area contributed by atoms with Crippen molar-refractivity contribution in [3.63, 3.8) is 0 Å². The summed E-state index contributed by atoms with van der Waals surface area (Å²) in [6.07, 6.45) is 4.24. The quantitative estimate of drug-likeness (QED) is 0.475. The zero-order valence-electron chi connectivity index (χ0n) is 7.34. The molecule has 11 heavy (non-hydrogen) atoms. The molecular weight excluding hydrogens is 156 g/mol. The van der Waals surface area contributed by atoms with Crippen molar-refractivity contribution in [3.8, 4) is 0 Å². The predicted octanol–water partition coefficient (Wildman–Crippen LogP) is 1.56. The molecule has 3 heteroatoms. The fourth-order valence-electron chi connectivity index (χ4n) is 1.53. The maximum atomic E-state index is 5.74. The molecule has 0 amide bonds. The highest BCUT2D eigenvalue weighted by molar-refractivity contribution is 6.52. The molecule has 0 bridgehead atoms. The second-order valence-electron chi connectivity index (χ2n) is 3.12. The Morgan fingerprint density at radius 1 is 1.09 bits per heavy atom. The first-order valence-electron chi connectivity index (χ1n) is 4.54.